The Morgan fingerprint density at radius 2 is 1.97 bits per heavy atom. The van der Waals surface area contributed by atoms with Crippen LogP contribution in [0.15, 0.2) is 47.4 Å². The Kier molecular flexibility index (Phi) is 6.39. The van der Waals surface area contributed by atoms with E-state index >= 15 is 0 Å². The summed E-state index contributed by atoms with van der Waals surface area (Å²) in [7, 11) is -2.18. The second-order valence-corrected chi connectivity index (χ2v) is 9.19. The maximum absolute atomic E-state index is 12.9. The first-order valence-electron chi connectivity index (χ1n) is 9.46. The number of piperidine rings is 1. The highest BCUT2D eigenvalue weighted by molar-refractivity contribution is 7.89. The molecule has 156 valence electrons. The van der Waals surface area contributed by atoms with Gasteiger partial charge in [-0.05, 0) is 48.6 Å². The van der Waals surface area contributed by atoms with Crippen LogP contribution < -0.4 is 10.1 Å². The van der Waals surface area contributed by atoms with E-state index in [1.807, 2.05) is 19.1 Å². The summed E-state index contributed by atoms with van der Waals surface area (Å²) < 4.78 is 32.4. The summed E-state index contributed by atoms with van der Waals surface area (Å²) in [6, 6.07) is 11.4. The second kappa shape index (κ2) is 8.79. The molecule has 8 nitrogen and oxygen atoms in total. The van der Waals surface area contributed by atoms with Gasteiger partial charge in [0.05, 0.1) is 16.9 Å². The van der Waals surface area contributed by atoms with Crippen LogP contribution in [0.5, 0.6) is 5.75 Å². The lowest BCUT2D eigenvalue weighted by Gasteiger charge is -2.30. The molecule has 2 aromatic rings. The van der Waals surface area contributed by atoms with E-state index in [2.05, 4.69) is 5.32 Å². The molecular weight excluding hydrogens is 394 g/mol. The number of nitrogens with one attached hydrogen (secondary N) is 1. The number of methoxy groups -OCH3 is 1. The van der Waals surface area contributed by atoms with E-state index in [1.54, 1.807) is 19.2 Å². The lowest BCUT2D eigenvalue weighted by atomic mass is 10.0. The zero-order chi connectivity index (χ0) is 21.0. The van der Waals surface area contributed by atoms with Gasteiger partial charge < -0.3 is 10.1 Å². The van der Waals surface area contributed by atoms with Gasteiger partial charge in [-0.25, -0.2) is 8.42 Å². The Bertz CT molecular complexity index is 976. The first-order chi connectivity index (χ1) is 13.8. The lowest BCUT2D eigenvalue weighted by Crippen LogP contribution is -2.39. The average molecular weight is 420 g/mol. The fraction of sp³-hybridized carbons (Fsp3) is 0.400. The molecule has 1 saturated heterocycles. The van der Waals surface area contributed by atoms with Crippen LogP contribution in [0, 0.1) is 16.0 Å². The van der Waals surface area contributed by atoms with Crippen molar-refractivity contribution >= 4 is 21.4 Å². The number of ether oxygens (including phenoxy) is 1. The molecule has 0 unspecified atom stereocenters. The highest BCUT2D eigenvalue weighted by Gasteiger charge is 2.30. The van der Waals surface area contributed by atoms with Crippen molar-refractivity contribution in [2.24, 2.45) is 5.92 Å². The van der Waals surface area contributed by atoms with E-state index in [1.165, 1.54) is 16.4 Å². The van der Waals surface area contributed by atoms with Crippen LogP contribution in [0.4, 0.5) is 11.4 Å². The highest BCUT2D eigenvalue weighted by Crippen LogP contribution is 2.31. The molecule has 2 aromatic carbocycles. The molecule has 1 N–H and O–H groups in total. The van der Waals surface area contributed by atoms with Crippen LogP contribution >= 0.6 is 0 Å². The number of hydrogen-bond donors (Lipinski definition) is 1. The number of anilines is 1. The van der Waals surface area contributed by atoms with Crippen LogP contribution in [0.3, 0.4) is 0 Å². The number of benzene rings is 2. The van der Waals surface area contributed by atoms with Crippen LogP contribution in [-0.2, 0) is 16.6 Å². The Hall–Kier alpha value is -2.65. The number of nitrogens with zero attached hydrogens (tertiary/aromatic N) is 2. The number of sulfonamides is 1. The van der Waals surface area contributed by atoms with Crippen molar-refractivity contribution in [3.05, 3.63) is 58.1 Å². The van der Waals surface area contributed by atoms with Crippen molar-refractivity contribution in [2.45, 2.75) is 31.2 Å². The monoisotopic (exact) mass is 419 g/mol. The van der Waals surface area contributed by atoms with Crippen molar-refractivity contribution in [3.8, 4) is 5.75 Å². The third kappa shape index (κ3) is 4.86. The van der Waals surface area contributed by atoms with E-state index in [0.717, 1.165) is 30.2 Å². The third-order valence-corrected chi connectivity index (χ3v) is 6.93. The maximum atomic E-state index is 12.9. The summed E-state index contributed by atoms with van der Waals surface area (Å²) in [4.78, 5) is 11.0. The van der Waals surface area contributed by atoms with Gasteiger partial charge in [-0.15, -0.1) is 0 Å². The Balaban J connectivity index is 1.82. The zero-order valence-corrected chi connectivity index (χ0v) is 17.3. The quantitative estimate of drug-likeness (QED) is 0.543. The first-order valence-corrected chi connectivity index (χ1v) is 10.9. The Labute approximate surface area is 170 Å². The SMILES string of the molecule is COc1ccc(CNc2ccc(S(=O)(=O)N3CCC[C@@H](C)C3)cc2[N+](=O)[O-])cc1. The van der Waals surface area contributed by atoms with Gasteiger partial charge in [0.2, 0.25) is 10.0 Å². The van der Waals surface area contributed by atoms with Crippen molar-refractivity contribution in [2.75, 3.05) is 25.5 Å². The van der Waals surface area contributed by atoms with E-state index < -0.39 is 14.9 Å². The van der Waals surface area contributed by atoms with Crippen molar-refractivity contribution in [3.63, 3.8) is 0 Å². The van der Waals surface area contributed by atoms with Crippen molar-refractivity contribution < 1.29 is 18.1 Å². The van der Waals surface area contributed by atoms with Gasteiger partial charge in [-0.3, -0.25) is 10.1 Å². The Morgan fingerprint density at radius 3 is 2.59 bits per heavy atom. The summed E-state index contributed by atoms with van der Waals surface area (Å²) in [6.07, 6.45) is 1.78. The maximum Gasteiger partial charge on any atom is 0.293 e. The van der Waals surface area contributed by atoms with Gasteiger partial charge >= 0.3 is 0 Å². The molecule has 1 heterocycles. The minimum atomic E-state index is -3.76. The van der Waals surface area contributed by atoms with Crippen LogP contribution in [0.2, 0.25) is 0 Å². The molecule has 1 aliphatic rings. The van der Waals surface area contributed by atoms with E-state index in [0.29, 0.717) is 19.6 Å². The van der Waals surface area contributed by atoms with Gasteiger partial charge in [0.15, 0.2) is 0 Å². The van der Waals surface area contributed by atoms with Crippen LogP contribution in [-0.4, -0.2) is 37.8 Å². The largest absolute Gasteiger partial charge is 0.497 e. The molecule has 0 saturated carbocycles. The van der Waals surface area contributed by atoms with Gasteiger partial charge in [-0.2, -0.15) is 4.31 Å². The van der Waals surface area contributed by atoms with Crippen molar-refractivity contribution in [1.82, 2.24) is 4.31 Å². The molecular formula is C20H25N3O5S. The van der Waals surface area contributed by atoms with Gasteiger partial charge in [0.25, 0.3) is 5.69 Å². The molecule has 3 rings (SSSR count). The molecule has 1 fully saturated rings. The number of nitro groups is 1. The zero-order valence-electron chi connectivity index (χ0n) is 16.5. The number of hydrogen-bond acceptors (Lipinski definition) is 6. The van der Waals surface area contributed by atoms with Crippen LogP contribution in [0.1, 0.15) is 25.3 Å². The molecule has 29 heavy (non-hydrogen) atoms. The molecule has 9 heteroatoms. The smallest absolute Gasteiger partial charge is 0.293 e. The number of nitro benzene ring substituents is 1. The predicted molar refractivity (Wildman–Crippen MR) is 111 cm³/mol. The molecule has 1 aliphatic heterocycles. The minimum Gasteiger partial charge on any atom is -0.497 e. The summed E-state index contributed by atoms with van der Waals surface area (Å²) in [5, 5.41) is 14.6. The fourth-order valence-electron chi connectivity index (χ4n) is 3.43. The summed E-state index contributed by atoms with van der Waals surface area (Å²) in [6.45, 7) is 3.25. The molecule has 0 amide bonds. The number of rotatable bonds is 7. The second-order valence-electron chi connectivity index (χ2n) is 7.25. The van der Waals surface area contributed by atoms with Gasteiger partial charge in [0, 0.05) is 25.7 Å². The van der Waals surface area contributed by atoms with Crippen LogP contribution in [0.25, 0.3) is 0 Å². The average Bonchev–Trinajstić information content (AvgIpc) is 2.72. The Morgan fingerprint density at radius 1 is 1.24 bits per heavy atom. The van der Waals surface area contributed by atoms with E-state index in [9.17, 15) is 18.5 Å². The molecule has 0 aliphatic carbocycles. The van der Waals surface area contributed by atoms with Gasteiger partial charge in [-0.1, -0.05) is 19.1 Å². The summed E-state index contributed by atoms with van der Waals surface area (Å²) >= 11 is 0. The summed E-state index contributed by atoms with van der Waals surface area (Å²) in [5.41, 5.74) is 0.931. The normalized spacial score (nSPS) is 17.7. The lowest BCUT2D eigenvalue weighted by molar-refractivity contribution is -0.384. The van der Waals surface area contributed by atoms with Gasteiger partial charge in [0.1, 0.15) is 11.4 Å². The third-order valence-electron chi connectivity index (χ3n) is 5.07. The molecule has 0 radical (unpaired) electrons. The molecule has 0 spiro atoms. The van der Waals surface area contributed by atoms with Crippen molar-refractivity contribution in [1.29, 1.82) is 0 Å². The summed E-state index contributed by atoms with van der Waals surface area (Å²) in [5.74, 6) is 1.00. The fourth-order valence-corrected chi connectivity index (χ4v) is 5.05. The molecule has 1 atom stereocenters. The predicted octanol–water partition coefficient (Wildman–Crippen LogP) is 3.64. The first kappa shape index (κ1) is 21.1. The minimum absolute atomic E-state index is 0.0479. The molecule has 0 bridgehead atoms. The van der Waals surface area contributed by atoms with E-state index in [4.69, 9.17) is 4.74 Å². The standard InChI is InChI=1S/C20H25N3O5S/c1-15-4-3-11-22(14-15)29(26,27)18-9-10-19(20(12-18)23(24)25)21-13-16-5-7-17(28-2)8-6-16/h5-10,12,15,21H,3-4,11,13-14H2,1-2H3/t15-/m1/s1. The molecule has 0 aromatic heterocycles. The van der Waals surface area contributed by atoms with E-state index in [-0.39, 0.29) is 22.2 Å². The topological polar surface area (TPSA) is 102 Å². The highest BCUT2D eigenvalue weighted by atomic mass is 32.2.